The normalized spacial score (nSPS) is 11.1. The molecule has 36 heavy (non-hydrogen) atoms. The molecule has 0 aliphatic heterocycles. The van der Waals surface area contributed by atoms with E-state index in [1.807, 2.05) is 31.2 Å². The van der Waals surface area contributed by atoms with Crippen molar-refractivity contribution in [3.05, 3.63) is 82.9 Å². The monoisotopic (exact) mass is 529 g/mol. The van der Waals surface area contributed by atoms with Gasteiger partial charge in [-0.1, -0.05) is 41.4 Å². The van der Waals surface area contributed by atoms with Gasteiger partial charge in [-0.05, 0) is 68.8 Å². The van der Waals surface area contributed by atoms with Crippen molar-refractivity contribution in [2.75, 3.05) is 35.9 Å². The number of sulfonamides is 1. The van der Waals surface area contributed by atoms with Gasteiger partial charge in [-0.15, -0.1) is 0 Å². The molecule has 3 aromatic carbocycles. The largest absolute Gasteiger partial charge is 0.495 e. The number of carbonyl (C=O) groups is 1. The highest BCUT2D eigenvalue weighted by atomic mass is 35.5. The fraction of sp³-hybridized carbons (Fsp3) is 0.296. The minimum Gasteiger partial charge on any atom is -0.495 e. The van der Waals surface area contributed by atoms with E-state index < -0.39 is 22.5 Å². The first kappa shape index (κ1) is 27.4. The molecule has 0 atom stereocenters. The number of hydrogen-bond donors (Lipinski definition) is 1. The Morgan fingerprint density at radius 1 is 0.972 bits per heavy atom. The Hall–Kier alpha value is -3.23. The highest BCUT2D eigenvalue weighted by Crippen LogP contribution is 2.34. The van der Waals surface area contributed by atoms with Gasteiger partial charge in [0, 0.05) is 30.3 Å². The number of nitrogens with one attached hydrogen (secondary N) is 1. The van der Waals surface area contributed by atoms with E-state index in [9.17, 15) is 13.2 Å². The van der Waals surface area contributed by atoms with E-state index in [0.29, 0.717) is 5.02 Å². The third-order valence-corrected chi connectivity index (χ3v) is 7.87. The van der Waals surface area contributed by atoms with Crippen LogP contribution in [0.4, 0.5) is 11.4 Å². The van der Waals surface area contributed by atoms with E-state index in [0.717, 1.165) is 34.2 Å². The van der Waals surface area contributed by atoms with Gasteiger partial charge in [0.1, 0.15) is 12.3 Å². The summed E-state index contributed by atoms with van der Waals surface area (Å²) in [5.74, 6) is -0.171. The molecular formula is C27H32ClN3O4S. The number of hydrogen-bond acceptors (Lipinski definition) is 5. The van der Waals surface area contributed by atoms with Crippen molar-refractivity contribution in [2.45, 2.75) is 32.2 Å². The molecule has 7 nitrogen and oxygen atoms in total. The average Bonchev–Trinajstić information content (AvgIpc) is 2.87. The number of halogens is 1. The Kier molecular flexibility index (Phi) is 9.23. The molecule has 0 heterocycles. The summed E-state index contributed by atoms with van der Waals surface area (Å²) in [6.07, 6.45) is 0. The summed E-state index contributed by atoms with van der Waals surface area (Å²) < 4.78 is 33.7. The van der Waals surface area contributed by atoms with Crippen molar-refractivity contribution in [3.63, 3.8) is 0 Å². The van der Waals surface area contributed by atoms with Crippen molar-refractivity contribution in [1.82, 2.24) is 5.32 Å². The molecule has 0 unspecified atom stereocenters. The number of ether oxygens (including phenoxy) is 1. The molecule has 0 fully saturated rings. The van der Waals surface area contributed by atoms with E-state index in [1.165, 1.54) is 25.3 Å². The minimum atomic E-state index is -4.09. The van der Waals surface area contributed by atoms with Gasteiger partial charge in [-0.25, -0.2) is 8.42 Å². The van der Waals surface area contributed by atoms with Gasteiger partial charge >= 0.3 is 0 Å². The lowest BCUT2D eigenvalue weighted by Gasteiger charge is -2.26. The molecule has 0 radical (unpaired) electrons. The second-order valence-corrected chi connectivity index (χ2v) is 10.6. The summed E-state index contributed by atoms with van der Waals surface area (Å²) in [4.78, 5) is 15.3. The number of aryl methyl sites for hydroxylation is 1. The van der Waals surface area contributed by atoms with Crippen LogP contribution in [-0.2, 0) is 21.4 Å². The number of carbonyl (C=O) groups excluding carboxylic acids is 1. The molecule has 0 aliphatic carbocycles. The number of nitrogens with zero attached hydrogens (tertiary/aromatic N) is 2. The molecule has 1 amide bonds. The summed E-state index contributed by atoms with van der Waals surface area (Å²) in [7, 11) is -2.66. The van der Waals surface area contributed by atoms with Crippen LogP contribution in [0.3, 0.4) is 0 Å². The first-order chi connectivity index (χ1) is 17.2. The average molecular weight is 530 g/mol. The van der Waals surface area contributed by atoms with Crippen molar-refractivity contribution >= 4 is 38.9 Å². The molecule has 3 rings (SSSR count). The lowest BCUT2D eigenvalue weighted by Crippen LogP contribution is -2.40. The Balaban J connectivity index is 1.85. The van der Waals surface area contributed by atoms with Gasteiger partial charge in [0.25, 0.3) is 10.0 Å². The van der Waals surface area contributed by atoms with Crippen molar-refractivity contribution < 1.29 is 17.9 Å². The van der Waals surface area contributed by atoms with Gasteiger partial charge in [0.15, 0.2) is 0 Å². The van der Waals surface area contributed by atoms with Crippen LogP contribution < -0.4 is 19.3 Å². The zero-order chi connectivity index (χ0) is 26.3. The van der Waals surface area contributed by atoms with Crippen LogP contribution in [0.2, 0.25) is 5.02 Å². The van der Waals surface area contributed by atoms with Crippen LogP contribution in [0.25, 0.3) is 0 Å². The molecule has 0 spiro atoms. The Morgan fingerprint density at radius 3 is 2.19 bits per heavy atom. The smallest absolute Gasteiger partial charge is 0.264 e. The third-order valence-electron chi connectivity index (χ3n) is 5.86. The first-order valence-corrected chi connectivity index (χ1v) is 13.5. The van der Waals surface area contributed by atoms with Crippen LogP contribution in [0.15, 0.2) is 71.6 Å². The van der Waals surface area contributed by atoms with Gasteiger partial charge in [-0.2, -0.15) is 0 Å². The lowest BCUT2D eigenvalue weighted by molar-refractivity contribution is -0.119. The Labute approximate surface area is 218 Å². The summed E-state index contributed by atoms with van der Waals surface area (Å²) in [6.45, 7) is 7.71. The molecule has 9 heteroatoms. The zero-order valence-electron chi connectivity index (χ0n) is 21.0. The fourth-order valence-corrected chi connectivity index (χ4v) is 5.39. The molecule has 3 aromatic rings. The van der Waals surface area contributed by atoms with Gasteiger partial charge in [0.2, 0.25) is 5.91 Å². The topological polar surface area (TPSA) is 79.0 Å². The number of anilines is 2. The summed E-state index contributed by atoms with van der Waals surface area (Å²) in [5, 5.41) is 3.15. The number of rotatable bonds is 11. The maximum absolute atomic E-state index is 13.6. The number of benzene rings is 3. The predicted octanol–water partition coefficient (Wildman–Crippen LogP) is 5.01. The van der Waals surface area contributed by atoms with E-state index >= 15 is 0 Å². The molecule has 0 saturated carbocycles. The summed E-state index contributed by atoms with van der Waals surface area (Å²) in [5.41, 5.74) is 3.13. The Morgan fingerprint density at radius 2 is 1.61 bits per heavy atom. The molecule has 0 bridgehead atoms. The molecular weight excluding hydrogens is 498 g/mol. The van der Waals surface area contributed by atoms with Crippen LogP contribution >= 0.6 is 11.6 Å². The quantitative estimate of drug-likeness (QED) is 0.377. The van der Waals surface area contributed by atoms with Crippen LogP contribution in [-0.4, -0.2) is 41.1 Å². The molecule has 1 N–H and O–H groups in total. The van der Waals surface area contributed by atoms with Crippen molar-refractivity contribution in [2.24, 2.45) is 0 Å². The molecule has 0 aliphatic rings. The third kappa shape index (κ3) is 6.50. The predicted molar refractivity (Wildman–Crippen MR) is 146 cm³/mol. The van der Waals surface area contributed by atoms with Crippen LogP contribution in [0, 0.1) is 6.92 Å². The molecule has 192 valence electrons. The maximum Gasteiger partial charge on any atom is 0.264 e. The van der Waals surface area contributed by atoms with Crippen LogP contribution in [0.1, 0.15) is 25.0 Å². The fourth-order valence-electron chi connectivity index (χ4n) is 3.80. The second-order valence-electron chi connectivity index (χ2n) is 8.26. The van der Waals surface area contributed by atoms with Crippen molar-refractivity contribution in [1.29, 1.82) is 0 Å². The number of methoxy groups -OCH3 is 1. The summed E-state index contributed by atoms with van der Waals surface area (Å²) in [6, 6.07) is 19.0. The van der Waals surface area contributed by atoms with E-state index in [2.05, 4.69) is 24.1 Å². The lowest BCUT2D eigenvalue weighted by atomic mass is 10.2. The summed E-state index contributed by atoms with van der Waals surface area (Å²) >= 11 is 6.19. The first-order valence-electron chi connectivity index (χ1n) is 11.7. The molecule has 0 saturated heterocycles. The van der Waals surface area contributed by atoms with Crippen molar-refractivity contribution in [3.8, 4) is 5.75 Å². The van der Waals surface area contributed by atoms with E-state index in [4.69, 9.17) is 16.3 Å². The van der Waals surface area contributed by atoms with Gasteiger partial charge < -0.3 is 15.0 Å². The maximum atomic E-state index is 13.6. The van der Waals surface area contributed by atoms with Crippen LogP contribution in [0.5, 0.6) is 5.75 Å². The minimum absolute atomic E-state index is 0.0647. The SMILES string of the molecule is CCN(CC)c1ccc(CNC(=O)CN(c2cc(Cl)ccc2OC)S(=O)(=O)c2ccc(C)cc2)cc1. The standard InChI is InChI=1S/C27H32ClN3O4S/c1-5-30(6-2)23-12-9-21(10-13-23)18-29-27(32)19-31(25-17-22(28)11-16-26(25)35-4)36(33,34)24-14-7-20(3)8-15-24/h7-17H,5-6,18-19H2,1-4H3,(H,29,32). The highest BCUT2D eigenvalue weighted by Gasteiger charge is 2.29. The molecule has 0 aromatic heterocycles. The highest BCUT2D eigenvalue weighted by molar-refractivity contribution is 7.92. The van der Waals surface area contributed by atoms with Gasteiger partial charge in [-0.3, -0.25) is 9.10 Å². The van der Waals surface area contributed by atoms with Gasteiger partial charge in [0.05, 0.1) is 17.7 Å². The zero-order valence-corrected chi connectivity index (χ0v) is 22.6. The number of amides is 1. The Bertz CT molecular complexity index is 1280. The second kappa shape index (κ2) is 12.1. The van der Waals surface area contributed by atoms with E-state index in [1.54, 1.807) is 24.3 Å². The van der Waals surface area contributed by atoms with E-state index in [-0.39, 0.29) is 22.9 Å².